The Hall–Kier alpha value is -2.27. The number of amides is 1. The number of carbonyl (C=O) groups is 1. The third kappa shape index (κ3) is 4.65. The molecule has 0 fully saturated rings. The van der Waals surface area contributed by atoms with Crippen molar-refractivity contribution in [2.24, 2.45) is 0 Å². The molecule has 3 N–H and O–H groups in total. The summed E-state index contributed by atoms with van der Waals surface area (Å²) in [5.74, 6) is 0.875. The Morgan fingerprint density at radius 3 is 2.90 bits per heavy atom. The molecule has 1 amide bonds. The molecule has 0 saturated heterocycles. The number of hydrogen-bond donors (Lipinski definition) is 2. The standard InChI is InChI=1S/C16H21N3O2/c1-12-5-6-13(17)10-15(12)18-16(20)7-8-19(2)11-14-4-3-9-21-14/h3-6,9-10H,7-8,11,17H2,1-2H3,(H,18,20). The highest BCUT2D eigenvalue weighted by Crippen LogP contribution is 2.18. The van der Waals surface area contributed by atoms with E-state index in [0.717, 1.165) is 17.0 Å². The van der Waals surface area contributed by atoms with Gasteiger partial charge in [0.15, 0.2) is 0 Å². The van der Waals surface area contributed by atoms with Crippen LogP contribution in [0.15, 0.2) is 41.0 Å². The summed E-state index contributed by atoms with van der Waals surface area (Å²) in [5.41, 5.74) is 8.15. The van der Waals surface area contributed by atoms with Gasteiger partial charge in [-0.05, 0) is 43.8 Å². The van der Waals surface area contributed by atoms with Gasteiger partial charge in [-0.15, -0.1) is 0 Å². The van der Waals surface area contributed by atoms with Crippen LogP contribution in [-0.2, 0) is 11.3 Å². The van der Waals surface area contributed by atoms with E-state index in [-0.39, 0.29) is 5.91 Å². The van der Waals surface area contributed by atoms with Crippen LogP contribution in [0.5, 0.6) is 0 Å². The maximum absolute atomic E-state index is 12.0. The van der Waals surface area contributed by atoms with Gasteiger partial charge < -0.3 is 15.5 Å². The molecule has 0 aliphatic rings. The lowest BCUT2D eigenvalue weighted by molar-refractivity contribution is -0.116. The van der Waals surface area contributed by atoms with Crippen molar-refractivity contribution < 1.29 is 9.21 Å². The number of anilines is 2. The first-order chi connectivity index (χ1) is 10.0. The second kappa shape index (κ2) is 6.95. The molecule has 0 bridgehead atoms. The Balaban J connectivity index is 1.80. The highest BCUT2D eigenvalue weighted by Gasteiger charge is 2.08. The number of nitrogens with one attached hydrogen (secondary N) is 1. The lowest BCUT2D eigenvalue weighted by atomic mass is 10.2. The fraction of sp³-hybridized carbons (Fsp3) is 0.312. The summed E-state index contributed by atoms with van der Waals surface area (Å²) in [6.45, 7) is 3.30. The molecule has 21 heavy (non-hydrogen) atoms. The molecule has 1 aromatic heterocycles. The second-order valence-electron chi connectivity index (χ2n) is 5.19. The van der Waals surface area contributed by atoms with Crippen molar-refractivity contribution in [3.05, 3.63) is 47.9 Å². The van der Waals surface area contributed by atoms with Gasteiger partial charge in [0, 0.05) is 24.3 Å². The molecule has 0 aliphatic carbocycles. The Bertz CT molecular complexity index is 594. The van der Waals surface area contributed by atoms with Crippen LogP contribution in [0, 0.1) is 6.92 Å². The number of nitrogen functional groups attached to an aromatic ring is 1. The second-order valence-corrected chi connectivity index (χ2v) is 5.19. The maximum Gasteiger partial charge on any atom is 0.225 e. The van der Waals surface area contributed by atoms with E-state index in [1.807, 2.05) is 43.1 Å². The molecule has 5 nitrogen and oxygen atoms in total. The van der Waals surface area contributed by atoms with Gasteiger partial charge in [-0.3, -0.25) is 9.69 Å². The van der Waals surface area contributed by atoms with Gasteiger partial charge in [-0.2, -0.15) is 0 Å². The van der Waals surface area contributed by atoms with Crippen molar-refractivity contribution in [3.8, 4) is 0 Å². The van der Waals surface area contributed by atoms with E-state index in [4.69, 9.17) is 10.2 Å². The fourth-order valence-electron chi connectivity index (χ4n) is 2.03. The largest absolute Gasteiger partial charge is 0.468 e. The molecular formula is C16H21N3O2. The summed E-state index contributed by atoms with van der Waals surface area (Å²) in [6, 6.07) is 9.28. The van der Waals surface area contributed by atoms with Gasteiger partial charge >= 0.3 is 0 Å². The van der Waals surface area contributed by atoms with Crippen molar-refractivity contribution >= 4 is 17.3 Å². The van der Waals surface area contributed by atoms with Crippen LogP contribution in [0.2, 0.25) is 0 Å². The smallest absolute Gasteiger partial charge is 0.225 e. The topological polar surface area (TPSA) is 71.5 Å². The Labute approximate surface area is 124 Å². The molecule has 5 heteroatoms. The van der Waals surface area contributed by atoms with Crippen molar-refractivity contribution in [1.29, 1.82) is 0 Å². The lowest BCUT2D eigenvalue weighted by Gasteiger charge is -2.15. The van der Waals surface area contributed by atoms with E-state index in [1.165, 1.54) is 0 Å². The number of benzene rings is 1. The summed E-state index contributed by atoms with van der Waals surface area (Å²) in [5, 5.41) is 2.90. The van der Waals surface area contributed by atoms with Crippen molar-refractivity contribution in [1.82, 2.24) is 4.90 Å². The number of nitrogens with zero attached hydrogens (tertiary/aromatic N) is 1. The molecule has 1 heterocycles. The zero-order chi connectivity index (χ0) is 15.2. The highest BCUT2D eigenvalue weighted by molar-refractivity contribution is 5.92. The molecule has 0 aliphatic heterocycles. The van der Waals surface area contributed by atoms with E-state index >= 15 is 0 Å². The minimum Gasteiger partial charge on any atom is -0.468 e. The highest BCUT2D eigenvalue weighted by atomic mass is 16.3. The molecule has 1 aromatic carbocycles. The molecule has 2 rings (SSSR count). The van der Waals surface area contributed by atoms with Crippen LogP contribution < -0.4 is 11.1 Å². The number of nitrogens with two attached hydrogens (primary N) is 1. The molecule has 0 radical (unpaired) electrons. The number of carbonyl (C=O) groups excluding carboxylic acids is 1. The first kappa shape index (κ1) is 15.1. The van der Waals surface area contributed by atoms with Crippen LogP contribution in [-0.4, -0.2) is 24.4 Å². The average molecular weight is 287 g/mol. The van der Waals surface area contributed by atoms with Crippen molar-refractivity contribution in [2.75, 3.05) is 24.6 Å². The van der Waals surface area contributed by atoms with Crippen LogP contribution in [0.3, 0.4) is 0 Å². The third-order valence-corrected chi connectivity index (χ3v) is 3.26. The quantitative estimate of drug-likeness (QED) is 0.801. The zero-order valence-corrected chi connectivity index (χ0v) is 12.4. The molecule has 112 valence electrons. The molecule has 0 spiro atoms. The normalized spacial score (nSPS) is 10.8. The van der Waals surface area contributed by atoms with Gasteiger partial charge in [0.25, 0.3) is 0 Å². The van der Waals surface area contributed by atoms with Gasteiger partial charge in [-0.25, -0.2) is 0 Å². The minimum absolute atomic E-state index is 0.0185. The predicted octanol–water partition coefficient (Wildman–Crippen LogP) is 2.63. The van der Waals surface area contributed by atoms with Crippen LogP contribution in [0.25, 0.3) is 0 Å². The predicted molar refractivity (Wildman–Crippen MR) is 83.9 cm³/mol. The summed E-state index contributed by atoms with van der Waals surface area (Å²) in [7, 11) is 1.96. The molecule has 0 saturated carbocycles. The van der Waals surface area contributed by atoms with E-state index in [2.05, 4.69) is 5.32 Å². The Morgan fingerprint density at radius 1 is 1.38 bits per heavy atom. The van der Waals surface area contributed by atoms with Crippen LogP contribution in [0.1, 0.15) is 17.7 Å². The van der Waals surface area contributed by atoms with Crippen molar-refractivity contribution in [2.45, 2.75) is 19.9 Å². The first-order valence-electron chi connectivity index (χ1n) is 6.91. The van der Waals surface area contributed by atoms with Crippen LogP contribution in [0.4, 0.5) is 11.4 Å². The van der Waals surface area contributed by atoms with E-state index in [1.54, 1.807) is 12.3 Å². The summed E-state index contributed by atoms with van der Waals surface area (Å²) in [6.07, 6.45) is 2.07. The molecule has 2 aromatic rings. The van der Waals surface area contributed by atoms with E-state index < -0.39 is 0 Å². The first-order valence-corrected chi connectivity index (χ1v) is 6.91. The van der Waals surface area contributed by atoms with Gasteiger partial charge in [0.2, 0.25) is 5.91 Å². The Morgan fingerprint density at radius 2 is 2.19 bits per heavy atom. The average Bonchev–Trinajstić information content (AvgIpc) is 2.93. The third-order valence-electron chi connectivity index (χ3n) is 3.26. The van der Waals surface area contributed by atoms with Crippen molar-refractivity contribution in [3.63, 3.8) is 0 Å². The number of hydrogen-bond acceptors (Lipinski definition) is 4. The molecule has 0 unspecified atom stereocenters. The summed E-state index contributed by atoms with van der Waals surface area (Å²) in [4.78, 5) is 14.0. The van der Waals surface area contributed by atoms with Gasteiger partial charge in [0.1, 0.15) is 5.76 Å². The van der Waals surface area contributed by atoms with E-state index in [0.29, 0.717) is 25.2 Å². The van der Waals surface area contributed by atoms with E-state index in [9.17, 15) is 4.79 Å². The number of rotatable bonds is 6. The monoisotopic (exact) mass is 287 g/mol. The van der Waals surface area contributed by atoms with Crippen LogP contribution >= 0.6 is 0 Å². The summed E-state index contributed by atoms with van der Waals surface area (Å²) < 4.78 is 5.28. The molecule has 0 atom stereocenters. The SMILES string of the molecule is Cc1ccc(N)cc1NC(=O)CCN(C)Cc1ccco1. The number of furan rings is 1. The molecular weight excluding hydrogens is 266 g/mol. The minimum atomic E-state index is -0.0185. The fourth-order valence-corrected chi connectivity index (χ4v) is 2.03. The lowest BCUT2D eigenvalue weighted by Crippen LogP contribution is -2.24. The Kier molecular flexibility index (Phi) is 5.00. The summed E-state index contributed by atoms with van der Waals surface area (Å²) >= 11 is 0. The zero-order valence-electron chi connectivity index (χ0n) is 12.4. The maximum atomic E-state index is 12.0. The number of aryl methyl sites for hydroxylation is 1. The van der Waals surface area contributed by atoms with Gasteiger partial charge in [0.05, 0.1) is 12.8 Å². The van der Waals surface area contributed by atoms with Gasteiger partial charge in [-0.1, -0.05) is 6.07 Å².